The Morgan fingerprint density at radius 3 is 2.12 bits per heavy atom. The summed E-state index contributed by atoms with van der Waals surface area (Å²) in [7, 11) is 2.21. The molecule has 1 aliphatic heterocycles. The molecule has 0 fully saturated rings. The highest BCUT2D eigenvalue weighted by molar-refractivity contribution is 7.82. The third kappa shape index (κ3) is 9.51. The molecule has 9 nitrogen and oxygen atoms in total. The van der Waals surface area contributed by atoms with Gasteiger partial charge in [0.2, 0.25) is 5.43 Å². The number of rotatable bonds is 7. The van der Waals surface area contributed by atoms with Crippen molar-refractivity contribution in [1.82, 2.24) is 14.6 Å². The van der Waals surface area contributed by atoms with Crippen LogP contribution in [0.15, 0.2) is 4.79 Å². The molecule has 0 radical (unpaired) electrons. The van der Waals surface area contributed by atoms with Crippen LogP contribution in [-0.4, -0.2) is 58.7 Å². The molecule has 1 aliphatic rings. The largest absolute Gasteiger partial charge is 0.491 e. The van der Waals surface area contributed by atoms with Gasteiger partial charge in [-0.2, -0.15) is 0 Å². The smallest absolute Gasteiger partial charge is 0.271 e. The van der Waals surface area contributed by atoms with E-state index in [-0.39, 0.29) is 35.4 Å². The molecule has 1 aromatic rings. The molecular formula is C21H41N3O6S2. The lowest BCUT2D eigenvalue weighted by atomic mass is 10.1. The van der Waals surface area contributed by atoms with Crippen LogP contribution >= 0.6 is 0 Å². The van der Waals surface area contributed by atoms with Crippen molar-refractivity contribution in [3.05, 3.63) is 27.2 Å². The molecule has 188 valence electrons. The summed E-state index contributed by atoms with van der Waals surface area (Å²) in [6.07, 6.45) is 4.43. The molecule has 0 aromatic carbocycles. The van der Waals surface area contributed by atoms with Crippen LogP contribution in [0.1, 0.15) is 68.8 Å². The van der Waals surface area contributed by atoms with E-state index in [2.05, 4.69) is 10.0 Å². The average Bonchev–Trinajstić information content (AvgIpc) is 3.21. The van der Waals surface area contributed by atoms with E-state index in [9.17, 15) is 18.0 Å². The Kier molecular flexibility index (Phi) is 18.3. The lowest BCUT2D eigenvalue weighted by molar-refractivity contribution is 0.0938. The number of carbonyl (C=O) groups excluding carboxylic acids is 1. The van der Waals surface area contributed by atoms with Crippen LogP contribution in [0.2, 0.25) is 0 Å². The zero-order chi connectivity index (χ0) is 25.4. The minimum absolute atomic E-state index is 0.0433. The molecule has 0 bridgehead atoms. The van der Waals surface area contributed by atoms with Crippen LogP contribution in [-0.2, 0) is 32.7 Å². The minimum Gasteiger partial charge on any atom is -0.491 e. The lowest BCUT2D eigenvalue weighted by Crippen LogP contribution is -2.32. The average molecular weight is 496 g/mol. The number of fused-ring (bicyclic) bond motifs is 1. The summed E-state index contributed by atoms with van der Waals surface area (Å²) in [6.45, 7) is 12.2. The van der Waals surface area contributed by atoms with E-state index >= 15 is 0 Å². The first-order valence-corrected chi connectivity index (χ1v) is 13.8. The summed E-state index contributed by atoms with van der Waals surface area (Å²) < 4.78 is 35.8. The number of aromatic nitrogens is 1. The molecule has 3 unspecified atom stereocenters. The maximum absolute atomic E-state index is 12.5. The van der Waals surface area contributed by atoms with E-state index in [1.165, 1.54) is 13.4 Å². The SMILES string of the molecule is CC.CC.CCNC(=O)c1c(OC)c(=O)c(C)c2n1C(COS(C)=O)CC2.CNS(C)=O. The van der Waals surface area contributed by atoms with Crippen molar-refractivity contribution in [1.29, 1.82) is 0 Å². The summed E-state index contributed by atoms with van der Waals surface area (Å²) in [5.74, 6) is -0.311. The monoisotopic (exact) mass is 495 g/mol. The maximum atomic E-state index is 12.5. The van der Waals surface area contributed by atoms with Gasteiger partial charge in [0.1, 0.15) is 0 Å². The fourth-order valence-electron chi connectivity index (χ4n) is 2.96. The van der Waals surface area contributed by atoms with Crippen LogP contribution in [0.3, 0.4) is 0 Å². The number of amides is 1. The van der Waals surface area contributed by atoms with Gasteiger partial charge in [0.25, 0.3) is 5.91 Å². The number of hydrogen-bond donors (Lipinski definition) is 2. The van der Waals surface area contributed by atoms with Crippen LogP contribution in [0.4, 0.5) is 0 Å². The number of hydrogen-bond acceptors (Lipinski definition) is 6. The Labute approximate surface area is 197 Å². The molecule has 2 heterocycles. The Balaban J connectivity index is 0. The highest BCUT2D eigenvalue weighted by Gasteiger charge is 2.32. The Hall–Kier alpha value is -1.56. The van der Waals surface area contributed by atoms with E-state index in [1.54, 1.807) is 20.2 Å². The Morgan fingerprint density at radius 1 is 1.19 bits per heavy atom. The number of ether oxygens (including phenoxy) is 1. The third-order valence-corrected chi connectivity index (χ3v) is 5.32. The van der Waals surface area contributed by atoms with Crippen molar-refractivity contribution >= 4 is 28.0 Å². The van der Waals surface area contributed by atoms with Gasteiger partial charge in [-0.25, -0.2) is 13.1 Å². The van der Waals surface area contributed by atoms with Crippen LogP contribution in [0.5, 0.6) is 5.75 Å². The predicted molar refractivity (Wildman–Crippen MR) is 133 cm³/mol. The number of nitrogens with zero attached hydrogens (tertiary/aromatic N) is 1. The zero-order valence-corrected chi connectivity index (χ0v) is 22.8. The minimum atomic E-state index is -1.38. The first kappa shape index (κ1) is 32.6. The lowest BCUT2D eigenvalue weighted by Gasteiger charge is -2.22. The fraction of sp³-hybridized carbons (Fsp3) is 0.714. The normalized spacial score (nSPS) is 15.4. The molecule has 32 heavy (non-hydrogen) atoms. The first-order chi connectivity index (χ1) is 15.2. The van der Waals surface area contributed by atoms with Gasteiger partial charge in [-0.15, -0.1) is 0 Å². The summed E-state index contributed by atoms with van der Waals surface area (Å²) in [5.41, 5.74) is 1.34. The van der Waals surface area contributed by atoms with Gasteiger partial charge < -0.3 is 14.6 Å². The Morgan fingerprint density at radius 2 is 1.72 bits per heavy atom. The van der Waals surface area contributed by atoms with Crippen LogP contribution in [0.25, 0.3) is 0 Å². The molecule has 3 atom stereocenters. The molecule has 0 spiro atoms. The van der Waals surface area contributed by atoms with Gasteiger partial charge in [-0.3, -0.25) is 13.8 Å². The summed E-state index contributed by atoms with van der Waals surface area (Å²) in [4.78, 5) is 24.9. The number of methoxy groups -OCH3 is 1. The highest BCUT2D eigenvalue weighted by Crippen LogP contribution is 2.32. The first-order valence-electron chi connectivity index (χ1n) is 10.8. The topological polar surface area (TPSA) is 116 Å². The second-order valence-electron chi connectivity index (χ2n) is 6.05. The molecular weight excluding hydrogens is 454 g/mol. The van der Waals surface area contributed by atoms with E-state index in [4.69, 9.17) is 8.92 Å². The number of carbonyl (C=O) groups is 1. The van der Waals surface area contributed by atoms with Crippen LogP contribution < -0.4 is 20.2 Å². The van der Waals surface area contributed by atoms with Gasteiger partial charge in [0.05, 0.1) is 30.7 Å². The van der Waals surface area contributed by atoms with Gasteiger partial charge in [0, 0.05) is 30.3 Å². The van der Waals surface area contributed by atoms with E-state index in [0.717, 1.165) is 12.1 Å². The number of pyridine rings is 1. The predicted octanol–water partition coefficient (Wildman–Crippen LogP) is 2.26. The molecule has 1 aromatic heterocycles. The quantitative estimate of drug-likeness (QED) is 0.599. The van der Waals surface area contributed by atoms with E-state index in [0.29, 0.717) is 18.5 Å². The molecule has 2 N–H and O–H groups in total. The van der Waals surface area contributed by atoms with Crippen molar-refractivity contribution in [3.8, 4) is 5.75 Å². The molecule has 2 rings (SSSR count). The van der Waals surface area contributed by atoms with Crippen molar-refractivity contribution in [2.75, 3.05) is 39.8 Å². The van der Waals surface area contributed by atoms with E-state index < -0.39 is 22.1 Å². The van der Waals surface area contributed by atoms with Crippen molar-refractivity contribution in [2.24, 2.45) is 0 Å². The number of nitrogens with one attached hydrogen (secondary N) is 2. The third-order valence-electron chi connectivity index (χ3n) is 4.28. The highest BCUT2D eigenvalue weighted by atomic mass is 32.2. The second kappa shape index (κ2) is 17.9. The maximum Gasteiger partial charge on any atom is 0.271 e. The van der Waals surface area contributed by atoms with Crippen molar-refractivity contribution in [3.63, 3.8) is 0 Å². The summed E-state index contributed by atoms with van der Waals surface area (Å²) in [5, 5.41) is 2.72. The van der Waals surface area contributed by atoms with Gasteiger partial charge in [0.15, 0.2) is 22.5 Å². The fourth-order valence-corrected chi connectivity index (χ4v) is 3.30. The van der Waals surface area contributed by atoms with Gasteiger partial charge in [-0.1, -0.05) is 27.7 Å². The molecule has 0 aliphatic carbocycles. The molecule has 0 saturated carbocycles. The van der Waals surface area contributed by atoms with E-state index in [1.807, 2.05) is 39.2 Å². The zero-order valence-electron chi connectivity index (χ0n) is 21.1. The van der Waals surface area contributed by atoms with Gasteiger partial charge >= 0.3 is 0 Å². The molecule has 0 saturated heterocycles. The standard InChI is InChI=1S/C15H22N2O5S.C2H7NOS.2C2H6/c1-5-16-15(19)12-14(21-3)13(18)9(2)11-7-6-10(17(11)12)8-22-23(4)20;1-3-5(2)4;2*1-2/h10H,5-8H2,1-4H3,(H,16,19);3H,1-2H3;2*1-2H3. The van der Waals surface area contributed by atoms with Gasteiger partial charge in [-0.05, 0) is 33.7 Å². The second-order valence-corrected chi connectivity index (χ2v) is 8.40. The van der Waals surface area contributed by atoms with Crippen molar-refractivity contribution in [2.45, 2.75) is 60.4 Å². The Bertz CT molecular complexity index is 812. The van der Waals surface area contributed by atoms with Crippen LogP contribution in [0, 0.1) is 6.92 Å². The summed E-state index contributed by atoms with van der Waals surface area (Å²) >= 11 is -1.38. The summed E-state index contributed by atoms with van der Waals surface area (Å²) in [6, 6.07) is -0.153. The molecule has 1 amide bonds. The molecule has 11 heteroatoms. The van der Waals surface area contributed by atoms with Crippen molar-refractivity contribution < 1.29 is 22.1 Å².